The van der Waals surface area contributed by atoms with E-state index in [0.717, 1.165) is 0 Å². The molecule has 2 heterocycles. The maximum absolute atomic E-state index is 12.1. The lowest BCUT2D eigenvalue weighted by molar-refractivity contribution is -0.122. The van der Waals surface area contributed by atoms with Crippen LogP contribution >= 0.6 is 0 Å². The van der Waals surface area contributed by atoms with Crippen LogP contribution in [0.25, 0.3) is 11.1 Å². The molecule has 3 rings (SSSR count). The lowest BCUT2D eigenvalue weighted by atomic mass is 10.2. The first-order chi connectivity index (χ1) is 10.1. The standard InChI is InChI=1S/C15H14N2O4/c1-10(12-7-4-8-20-12)16-14(18)9-17-11-5-2-3-6-13(11)21-15(17)19/h2-8,10H,9H2,1H3,(H,16,18)/t10-/m0/s1. The van der Waals surface area contributed by atoms with Crippen molar-refractivity contribution in [2.24, 2.45) is 0 Å². The molecule has 0 radical (unpaired) electrons. The number of hydrogen-bond donors (Lipinski definition) is 1. The summed E-state index contributed by atoms with van der Waals surface area (Å²) in [5, 5.41) is 2.78. The van der Waals surface area contributed by atoms with Gasteiger partial charge in [0.1, 0.15) is 12.3 Å². The molecule has 6 heteroatoms. The van der Waals surface area contributed by atoms with E-state index in [-0.39, 0.29) is 18.5 Å². The topological polar surface area (TPSA) is 77.4 Å². The first-order valence-electron chi connectivity index (χ1n) is 6.56. The maximum atomic E-state index is 12.1. The van der Waals surface area contributed by atoms with Crippen molar-refractivity contribution in [1.29, 1.82) is 0 Å². The monoisotopic (exact) mass is 286 g/mol. The molecule has 0 unspecified atom stereocenters. The highest BCUT2D eigenvalue weighted by molar-refractivity contribution is 5.79. The highest BCUT2D eigenvalue weighted by Gasteiger charge is 2.15. The summed E-state index contributed by atoms with van der Waals surface area (Å²) < 4.78 is 11.6. The van der Waals surface area contributed by atoms with Crippen LogP contribution in [0.5, 0.6) is 0 Å². The van der Waals surface area contributed by atoms with E-state index in [0.29, 0.717) is 16.9 Å². The second-order valence-electron chi connectivity index (χ2n) is 4.73. The molecule has 3 aromatic rings. The van der Waals surface area contributed by atoms with E-state index < -0.39 is 5.76 Å². The van der Waals surface area contributed by atoms with E-state index in [2.05, 4.69) is 5.32 Å². The molecule has 1 amide bonds. The predicted octanol–water partition coefficient (Wildman–Crippen LogP) is 2.06. The molecule has 21 heavy (non-hydrogen) atoms. The number of furan rings is 1. The minimum absolute atomic E-state index is 0.0963. The zero-order valence-electron chi connectivity index (χ0n) is 11.4. The summed E-state index contributed by atoms with van der Waals surface area (Å²) in [4.78, 5) is 23.8. The van der Waals surface area contributed by atoms with Crippen molar-refractivity contribution in [2.45, 2.75) is 19.5 Å². The number of benzene rings is 1. The average molecular weight is 286 g/mol. The van der Waals surface area contributed by atoms with E-state index >= 15 is 0 Å². The fourth-order valence-electron chi connectivity index (χ4n) is 2.20. The van der Waals surface area contributed by atoms with Crippen LogP contribution in [0.2, 0.25) is 0 Å². The number of nitrogens with zero attached hydrogens (tertiary/aromatic N) is 1. The summed E-state index contributed by atoms with van der Waals surface area (Å²) in [5.74, 6) is -0.169. The Kier molecular flexibility index (Phi) is 3.35. The molecule has 0 spiro atoms. The van der Waals surface area contributed by atoms with Gasteiger partial charge < -0.3 is 14.2 Å². The molecule has 1 N–H and O–H groups in total. The van der Waals surface area contributed by atoms with Gasteiger partial charge in [0.15, 0.2) is 5.58 Å². The van der Waals surface area contributed by atoms with Gasteiger partial charge >= 0.3 is 5.76 Å². The van der Waals surface area contributed by atoms with Crippen LogP contribution in [0.4, 0.5) is 0 Å². The van der Waals surface area contributed by atoms with Crippen molar-refractivity contribution in [3.05, 3.63) is 59.0 Å². The van der Waals surface area contributed by atoms with Crippen molar-refractivity contribution < 1.29 is 13.6 Å². The van der Waals surface area contributed by atoms with Crippen LogP contribution in [-0.2, 0) is 11.3 Å². The minimum atomic E-state index is -0.544. The normalized spacial score (nSPS) is 12.4. The van der Waals surface area contributed by atoms with Gasteiger partial charge in [0.05, 0.1) is 17.8 Å². The Labute approximate surface area is 120 Å². The van der Waals surface area contributed by atoms with Gasteiger partial charge in [-0.05, 0) is 31.2 Å². The summed E-state index contributed by atoms with van der Waals surface area (Å²) in [5.41, 5.74) is 1.07. The summed E-state index contributed by atoms with van der Waals surface area (Å²) >= 11 is 0. The van der Waals surface area contributed by atoms with Crippen molar-refractivity contribution in [1.82, 2.24) is 9.88 Å². The third kappa shape index (κ3) is 2.60. The Balaban J connectivity index is 1.78. The van der Waals surface area contributed by atoms with Crippen LogP contribution in [0.3, 0.4) is 0 Å². The number of fused-ring (bicyclic) bond motifs is 1. The van der Waals surface area contributed by atoms with Gasteiger partial charge in [0, 0.05) is 0 Å². The van der Waals surface area contributed by atoms with Gasteiger partial charge in [-0.3, -0.25) is 9.36 Å². The molecule has 0 saturated carbocycles. The fraction of sp³-hybridized carbons (Fsp3) is 0.200. The molecule has 0 saturated heterocycles. The first-order valence-corrected chi connectivity index (χ1v) is 6.56. The fourth-order valence-corrected chi connectivity index (χ4v) is 2.20. The number of oxazole rings is 1. The molecule has 0 aliphatic carbocycles. The van der Waals surface area contributed by atoms with Crippen molar-refractivity contribution >= 4 is 17.0 Å². The van der Waals surface area contributed by atoms with Crippen LogP contribution in [0, 0.1) is 0 Å². The Hall–Kier alpha value is -2.76. The molecule has 6 nitrogen and oxygen atoms in total. The first kappa shape index (κ1) is 13.2. The molecule has 0 bridgehead atoms. The van der Waals surface area contributed by atoms with Crippen molar-refractivity contribution in [2.75, 3.05) is 0 Å². The molecule has 0 aliphatic heterocycles. The predicted molar refractivity (Wildman–Crippen MR) is 75.7 cm³/mol. The van der Waals surface area contributed by atoms with Gasteiger partial charge in [0.2, 0.25) is 5.91 Å². The zero-order chi connectivity index (χ0) is 14.8. The number of carbonyl (C=O) groups is 1. The minimum Gasteiger partial charge on any atom is -0.467 e. The molecular weight excluding hydrogens is 272 g/mol. The summed E-state index contributed by atoms with van der Waals surface area (Å²) in [6.07, 6.45) is 1.55. The van der Waals surface area contributed by atoms with Gasteiger partial charge in [-0.25, -0.2) is 4.79 Å². The number of rotatable bonds is 4. The Morgan fingerprint density at radius 2 is 2.10 bits per heavy atom. The number of nitrogens with one attached hydrogen (secondary N) is 1. The second kappa shape index (κ2) is 5.32. The van der Waals surface area contributed by atoms with Gasteiger partial charge in [-0.2, -0.15) is 0 Å². The molecule has 1 atom stereocenters. The number of para-hydroxylation sites is 2. The highest BCUT2D eigenvalue weighted by atomic mass is 16.4. The number of amides is 1. The maximum Gasteiger partial charge on any atom is 0.420 e. The molecular formula is C15H14N2O4. The van der Waals surface area contributed by atoms with E-state index in [1.807, 2.05) is 6.92 Å². The molecule has 1 aromatic carbocycles. The van der Waals surface area contributed by atoms with Crippen LogP contribution < -0.4 is 11.1 Å². The van der Waals surface area contributed by atoms with Gasteiger partial charge in [-0.1, -0.05) is 12.1 Å². The van der Waals surface area contributed by atoms with E-state index in [9.17, 15) is 9.59 Å². The average Bonchev–Trinajstić information content (AvgIpc) is 3.08. The summed E-state index contributed by atoms with van der Waals surface area (Å²) in [6, 6.07) is 10.3. The molecule has 0 aliphatic rings. The van der Waals surface area contributed by atoms with Gasteiger partial charge in [-0.15, -0.1) is 0 Å². The number of hydrogen-bond acceptors (Lipinski definition) is 4. The van der Waals surface area contributed by atoms with Crippen LogP contribution in [-0.4, -0.2) is 10.5 Å². The third-order valence-corrected chi connectivity index (χ3v) is 3.22. The smallest absolute Gasteiger partial charge is 0.420 e. The van der Waals surface area contributed by atoms with Crippen molar-refractivity contribution in [3.63, 3.8) is 0 Å². The lowest BCUT2D eigenvalue weighted by Gasteiger charge is -2.11. The second-order valence-corrected chi connectivity index (χ2v) is 4.73. The summed E-state index contributed by atoms with van der Waals surface area (Å²) in [7, 11) is 0. The quantitative estimate of drug-likeness (QED) is 0.796. The Morgan fingerprint density at radius 3 is 2.86 bits per heavy atom. The van der Waals surface area contributed by atoms with E-state index in [1.165, 1.54) is 4.57 Å². The molecule has 0 fully saturated rings. The Morgan fingerprint density at radius 1 is 1.29 bits per heavy atom. The third-order valence-electron chi connectivity index (χ3n) is 3.22. The zero-order valence-corrected chi connectivity index (χ0v) is 11.4. The molecule has 108 valence electrons. The number of carbonyl (C=O) groups excluding carboxylic acids is 1. The SMILES string of the molecule is C[C@H](NC(=O)Cn1c(=O)oc2ccccc21)c1ccco1. The van der Waals surface area contributed by atoms with Crippen LogP contribution in [0.15, 0.2) is 56.3 Å². The van der Waals surface area contributed by atoms with Gasteiger partial charge in [0.25, 0.3) is 0 Å². The molecule has 2 aromatic heterocycles. The van der Waals surface area contributed by atoms with E-state index in [1.54, 1.807) is 42.7 Å². The Bertz CT molecular complexity index is 814. The van der Waals surface area contributed by atoms with E-state index in [4.69, 9.17) is 8.83 Å². The highest BCUT2D eigenvalue weighted by Crippen LogP contribution is 2.13. The number of aromatic nitrogens is 1. The largest absolute Gasteiger partial charge is 0.467 e. The van der Waals surface area contributed by atoms with Crippen molar-refractivity contribution in [3.8, 4) is 0 Å². The summed E-state index contributed by atoms with van der Waals surface area (Å²) in [6.45, 7) is 1.72. The van der Waals surface area contributed by atoms with Crippen LogP contribution in [0.1, 0.15) is 18.7 Å². The lowest BCUT2D eigenvalue weighted by Crippen LogP contribution is -2.32.